The number of carbonyl (C=O) groups is 2. The van der Waals surface area contributed by atoms with Crippen LogP contribution < -0.4 is 5.32 Å². The van der Waals surface area contributed by atoms with E-state index >= 15 is 0 Å². The van der Waals surface area contributed by atoms with E-state index in [1.165, 1.54) is 0 Å². The number of nitriles is 3. The average molecular weight is 512 g/mol. The average Bonchev–Trinajstić information content (AvgIpc) is 2.86. The zero-order chi connectivity index (χ0) is 28.3. The van der Waals surface area contributed by atoms with Gasteiger partial charge in [-0.2, -0.15) is 10.5 Å². The van der Waals surface area contributed by atoms with Crippen LogP contribution in [-0.2, 0) is 9.59 Å². The molecule has 38 heavy (non-hydrogen) atoms. The lowest BCUT2D eigenvalue weighted by Gasteiger charge is -2.34. The molecule has 198 valence electrons. The van der Waals surface area contributed by atoms with Gasteiger partial charge in [0.1, 0.15) is 24.0 Å². The SMILES string of the molecule is [C-]#[N+]/C(C#N)=C1\CC(C)(C)CC(NCCCCCCCC2=C(C=O)C(=C(C#N)C#N)CC(C)(C)C2)=C1C=O. The molecular formula is C31H37N5O2. The van der Waals surface area contributed by atoms with Crippen LogP contribution in [0.15, 0.2) is 44.8 Å². The minimum absolute atomic E-state index is 0.00698. The highest BCUT2D eigenvalue weighted by Crippen LogP contribution is 2.44. The Hall–Kier alpha value is -3.94. The molecule has 0 aromatic heterocycles. The van der Waals surface area contributed by atoms with Gasteiger partial charge in [-0.05, 0) is 66.9 Å². The maximum absolute atomic E-state index is 11.9. The number of carbonyl (C=O) groups excluding carboxylic acids is 2. The van der Waals surface area contributed by atoms with Gasteiger partial charge in [0.25, 0.3) is 5.70 Å². The summed E-state index contributed by atoms with van der Waals surface area (Å²) in [6.45, 7) is 16.4. The Labute approximate surface area is 227 Å². The predicted octanol–water partition coefficient (Wildman–Crippen LogP) is 6.55. The van der Waals surface area contributed by atoms with Gasteiger partial charge in [-0.25, -0.2) is 10.1 Å². The Kier molecular flexibility index (Phi) is 10.8. The number of nitrogens with zero attached hydrogens (tertiary/aromatic N) is 4. The largest absolute Gasteiger partial charge is 0.388 e. The summed E-state index contributed by atoms with van der Waals surface area (Å²) in [7, 11) is 0. The van der Waals surface area contributed by atoms with Crippen molar-refractivity contribution in [3.8, 4) is 18.2 Å². The van der Waals surface area contributed by atoms with Gasteiger partial charge in [-0.3, -0.25) is 9.59 Å². The van der Waals surface area contributed by atoms with Gasteiger partial charge in [0.2, 0.25) is 0 Å². The van der Waals surface area contributed by atoms with Crippen molar-refractivity contribution in [2.45, 2.75) is 91.9 Å². The Morgan fingerprint density at radius 1 is 0.842 bits per heavy atom. The van der Waals surface area contributed by atoms with E-state index in [0.29, 0.717) is 48.1 Å². The smallest absolute Gasteiger partial charge is 0.265 e. The zero-order valence-corrected chi connectivity index (χ0v) is 23.0. The fraction of sp³-hybridized carbons (Fsp3) is 0.548. The molecule has 0 saturated carbocycles. The van der Waals surface area contributed by atoms with E-state index in [1.54, 1.807) is 0 Å². The first-order valence-corrected chi connectivity index (χ1v) is 13.2. The first-order chi connectivity index (χ1) is 18.1. The summed E-state index contributed by atoms with van der Waals surface area (Å²) >= 11 is 0. The Balaban J connectivity index is 1.93. The molecule has 2 rings (SSSR count). The molecule has 7 heteroatoms. The normalized spacial score (nSPS) is 19.4. The van der Waals surface area contributed by atoms with Gasteiger partial charge in [0, 0.05) is 23.4 Å². The molecule has 0 radical (unpaired) electrons. The van der Waals surface area contributed by atoms with E-state index < -0.39 is 0 Å². The second-order valence-corrected chi connectivity index (χ2v) is 11.8. The number of nitrogens with one attached hydrogen (secondary N) is 1. The quantitative estimate of drug-likeness (QED) is 0.145. The lowest BCUT2D eigenvalue weighted by molar-refractivity contribution is -0.105. The third-order valence-electron chi connectivity index (χ3n) is 7.27. The number of unbranched alkanes of at least 4 members (excludes halogenated alkanes) is 4. The summed E-state index contributed by atoms with van der Waals surface area (Å²) in [6, 6.07) is 5.85. The van der Waals surface area contributed by atoms with Crippen LogP contribution in [0, 0.1) is 51.4 Å². The maximum Gasteiger partial charge on any atom is 0.265 e. The maximum atomic E-state index is 11.9. The monoisotopic (exact) mass is 511 g/mol. The first-order valence-electron chi connectivity index (χ1n) is 13.2. The number of aldehydes is 2. The minimum Gasteiger partial charge on any atom is -0.388 e. The minimum atomic E-state index is -0.143. The Morgan fingerprint density at radius 2 is 1.42 bits per heavy atom. The molecule has 1 N–H and O–H groups in total. The van der Waals surface area contributed by atoms with Gasteiger partial charge in [0.15, 0.2) is 6.29 Å². The predicted molar refractivity (Wildman–Crippen MR) is 145 cm³/mol. The molecule has 0 fully saturated rings. The first kappa shape index (κ1) is 30.3. The summed E-state index contributed by atoms with van der Waals surface area (Å²) in [5.41, 5.74) is 3.79. The third kappa shape index (κ3) is 7.78. The van der Waals surface area contributed by atoms with Crippen molar-refractivity contribution in [3.63, 3.8) is 0 Å². The van der Waals surface area contributed by atoms with E-state index in [0.717, 1.165) is 68.8 Å². The van der Waals surface area contributed by atoms with E-state index in [-0.39, 0.29) is 22.1 Å². The lowest BCUT2D eigenvalue weighted by atomic mass is 9.70. The van der Waals surface area contributed by atoms with Crippen LogP contribution in [0.1, 0.15) is 91.9 Å². The van der Waals surface area contributed by atoms with Gasteiger partial charge < -0.3 is 5.32 Å². The van der Waals surface area contributed by atoms with Crippen LogP contribution in [-0.4, -0.2) is 19.1 Å². The highest BCUT2D eigenvalue weighted by atomic mass is 16.1. The Morgan fingerprint density at radius 3 is 2.00 bits per heavy atom. The molecular weight excluding hydrogens is 474 g/mol. The molecule has 0 aliphatic heterocycles. The van der Waals surface area contributed by atoms with E-state index in [2.05, 4.69) is 37.9 Å². The number of allylic oxidation sites excluding steroid dienone is 8. The van der Waals surface area contributed by atoms with Gasteiger partial charge in [0.05, 0.1) is 12.6 Å². The zero-order valence-electron chi connectivity index (χ0n) is 23.0. The number of rotatable bonds is 11. The van der Waals surface area contributed by atoms with Crippen molar-refractivity contribution >= 4 is 12.6 Å². The molecule has 0 spiro atoms. The summed E-state index contributed by atoms with van der Waals surface area (Å²) < 4.78 is 0. The third-order valence-corrected chi connectivity index (χ3v) is 7.27. The van der Waals surface area contributed by atoms with Gasteiger partial charge in [-0.15, -0.1) is 0 Å². The van der Waals surface area contributed by atoms with Crippen LogP contribution in [0.5, 0.6) is 0 Å². The van der Waals surface area contributed by atoms with Crippen molar-refractivity contribution in [1.29, 1.82) is 15.8 Å². The molecule has 0 aromatic rings. The van der Waals surface area contributed by atoms with E-state index in [1.807, 2.05) is 18.2 Å². The topological polar surface area (TPSA) is 122 Å². The summed E-state index contributed by atoms with van der Waals surface area (Å²) in [5.74, 6) is 0. The molecule has 0 amide bonds. The number of hydrogen-bond donors (Lipinski definition) is 1. The van der Waals surface area contributed by atoms with Gasteiger partial charge in [-0.1, -0.05) is 52.5 Å². The van der Waals surface area contributed by atoms with Crippen LogP contribution in [0.25, 0.3) is 4.85 Å². The highest BCUT2D eigenvalue weighted by Gasteiger charge is 2.33. The van der Waals surface area contributed by atoms with E-state index in [9.17, 15) is 25.4 Å². The van der Waals surface area contributed by atoms with E-state index in [4.69, 9.17) is 6.57 Å². The summed E-state index contributed by atoms with van der Waals surface area (Å²) in [4.78, 5) is 27.0. The molecule has 0 bridgehead atoms. The van der Waals surface area contributed by atoms with Crippen LogP contribution >= 0.6 is 0 Å². The van der Waals surface area contributed by atoms with Crippen LogP contribution in [0.2, 0.25) is 0 Å². The highest BCUT2D eigenvalue weighted by molar-refractivity contribution is 5.84. The van der Waals surface area contributed by atoms with Crippen molar-refractivity contribution in [2.75, 3.05) is 6.54 Å². The molecule has 0 aromatic carbocycles. The molecule has 7 nitrogen and oxygen atoms in total. The molecule has 0 saturated heterocycles. The van der Waals surface area contributed by atoms with Gasteiger partial charge >= 0.3 is 0 Å². The number of hydrogen-bond acceptors (Lipinski definition) is 6. The fourth-order valence-electron chi connectivity index (χ4n) is 5.58. The summed E-state index contributed by atoms with van der Waals surface area (Å²) in [6.07, 6.45) is 9.86. The van der Waals surface area contributed by atoms with Crippen molar-refractivity contribution in [1.82, 2.24) is 5.32 Å². The van der Waals surface area contributed by atoms with Crippen molar-refractivity contribution in [2.24, 2.45) is 10.8 Å². The second-order valence-electron chi connectivity index (χ2n) is 11.8. The molecule has 2 aliphatic rings. The van der Waals surface area contributed by atoms with Crippen molar-refractivity contribution in [3.05, 3.63) is 56.2 Å². The second kappa shape index (κ2) is 13.6. The molecule has 0 atom stereocenters. The lowest BCUT2D eigenvalue weighted by Crippen LogP contribution is -2.29. The van der Waals surface area contributed by atoms with Crippen LogP contribution in [0.3, 0.4) is 0 Å². The molecule has 2 aliphatic carbocycles. The Bertz CT molecular complexity index is 1120. The fourth-order valence-corrected chi connectivity index (χ4v) is 5.58. The van der Waals surface area contributed by atoms with Crippen molar-refractivity contribution < 1.29 is 9.59 Å². The molecule has 0 heterocycles. The summed E-state index contributed by atoms with van der Waals surface area (Å²) in [5, 5.41) is 31.4. The standard InChI is InChI=1S/C31H37N5O2/c1-30(2)13-22(26(20-37)24(14-30)23(17-32)18-33)11-9-7-6-8-10-12-36-28-16-31(3,4)15-25(27(28)21-38)29(19-34)35-5/h20-21,36H,6-16H2,1-4H3/b29-25+. The van der Waals surface area contributed by atoms with Crippen LogP contribution in [0.4, 0.5) is 0 Å². The molecule has 0 unspecified atom stereocenters.